The van der Waals surface area contributed by atoms with Crippen LogP contribution < -0.4 is 0 Å². The zero-order valence-corrected chi connectivity index (χ0v) is 14.9. The third kappa shape index (κ3) is 2.76. The van der Waals surface area contributed by atoms with Crippen molar-refractivity contribution in [2.45, 2.75) is 38.3 Å². The smallest absolute Gasteiger partial charge is 0.270 e. The summed E-state index contributed by atoms with van der Waals surface area (Å²) in [6.07, 6.45) is 6.48. The molecule has 8 heteroatoms. The van der Waals surface area contributed by atoms with E-state index in [1.165, 1.54) is 0 Å². The lowest BCUT2D eigenvalue weighted by atomic mass is 9.90. The molecule has 1 N–H and O–H groups in total. The Morgan fingerprint density at radius 2 is 2.19 bits per heavy atom. The molecule has 0 bridgehead atoms. The number of piperidine rings is 1. The van der Waals surface area contributed by atoms with Crippen molar-refractivity contribution < 1.29 is 9.90 Å². The molecule has 1 aliphatic heterocycles. The molecule has 1 saturated heterocycles. The molecule has 26 heavy (non-hydrogen) atoms. The standard InChI is InChI=1S/C18H22N6O2/c1-13(2)24-11-15(20-21-24)18(26)7-4-9-22(12-18)17(25)14-5-3-6-16-19-8-10-23(14)16/h3,5-6,8,10-11,13,26H,4,7,9,12H2,1-2H3. The fourth-order valence-electron chi connectivity index (χ4n) is 3.44. The molecule has 136 valence electrons. The number of aromatic nitrogens is 5. The van der Waals surface area contributed by atoms with Gasteiger partial charge in [0.1, 0.15) is 22.6 Å². The summed E-state index contributed by atoms with van der Waals surface area (Å²) in [6.45, 7) is 4.81. The Kier molecular flexibility index (Phi) is 3.99. The maximum absolute atomic E-state index is 13.1. The maximum Gasteiger partial charge on any atom is 0.270 e. The normalized spacial score (nSPS) is 20.8. The number of imidazole rings is 1. The molecule has 4 rings (SSSR count). The van der Waals surface area contributed by atoms with Crippen LogP contribution in [0.4, 0.5) is 0 Å². The van der Waals surface area contributed by atoms with Gasteiger partial charge in [-0.3, -0.25) is 9.20 Å². The highest BCUT2D eigenvalue weighted by Crippen LogP contribution is 2.31. The number of hydrogen-bond acceptors (Lipinski definition) is 5. The van der Waals surface area contributed by atoms with E-state index < -0.39 is 5.60 Å². The van der Waals surface area contributed by atoms with Gasteiger partial charge in [0.15, 0.2) is 0 Å². The minimum atomic E-state index is -1.18. The summed E-state index contributed by atoms with van der Waals surface area (Å²) in [4.78, 5) is 19.0. The predicted octanol–water partition coefficient (Wildman–Crippen LogP) is 1.63. The van der Waals surface area contributed by atoms with E-state index in [0.717, 1.165) is 5.65 Å². The molecule has 3 aromatic heterocycles. The first-order chi connectivity index (χ1) is 12.5. The molecule has 1 amide bonds. The predicted molar refractivity (Wildman–Crippen MR) is 94.6 cm³/mol. The Morgan fingerprint density at radius 1 is 1.35 bits per heavy atom. The highest BCUT2D eigenvalue weighted by molar-refractivity contribution is 5.93. The van der Waals surface area contributed by atoms with E-state index in [4.69, 9.17) is 0 Å². The molecule has 0 aliphatic carbocycles. The number of pyridine rings is 1. The first kappa shape index (κ1) is 16.7. The second kappa shape index (κ2) is 6.21. The summed E-state index contributed by atoms with van der Waals surface area (Å²) >= 11 is 0. The second-order valence-corrected chi connectivity index (χ2v) is 7.11. The van der Waals surface area contributed by atoms with E-state index in [0.29, 0.717) is 30.8 Å². The van der Waals surface area contributed by atoms with E-state index in [2.05, 4.69) is 15.3 Å². The van der Waals surface area contributed by atoms with E-state index in [1.54, 1.807) is 38.6 Å². The molecule has 0 spiro atoms. The molecule has 0 radical (unpaired) electrons. The molecule has 1 fully saturated rings. The average molecular weight is 354 g/mol. The third-order valence-electron chi connectivity index (χ3n) is 4.92. The molecule has 4 heterocycles. The van der Waals surface area contributed by atoms with Crippen LogP contribution in [0.5, 0.6) is 0 Å². The third-order valence-corrected chi connectivity index (χ3v) is 4.92. The number of aliphatic hydroxyl groups is 1. The number of β-amino-alcohol motifs (C(OH)–C–C–N with tert-alkyl or cyclic N) is 1. The average Bonchev–Trinajstić information content (AvgIpc) is 3.30. The van der Waals surface area contributed by atoms with Gasteiger partial charge < -0.3 is 10.0 Å². The zero-order valence-electron chi connectivity index (χ0n) is 14.9. The van der Waals surface area contributed by atoms with Gasteiger partial charge in [0.05, 0.1) is 12.7 Å². The molecule has 3 aromatic rings. The highest BCUT2D eigenvalue weighted by Gasteiger charge is 2.39. The van der Waals surface area contributed by atoms with Crippen LogP contribution in [0.2, 0.25) is 0 Å². The van der Waals surface area contributed by atoms with Gasteiger partial charge in [0.2, 0.25) is 0 Å². The van der Waals surface area contributed by atoms with Gasteiger partial charge in [-0.15, -0.1) is 5.10 Å². The van der Waals surface area contributed by atoms with Crippen molar-refractivity contribution in [3.05, 3.63) is 48.2 Å². The van der Waals surface area contributed by atoms with Crippen LogP contribution >= 0.6 is 0 Å². The van der Waals surface area contributed by atoms with Gasteiger partial charge in [-0.2, -0.15) is 0 Å². The summed E-state index contributed by atoms with van der Waals surface area (Å²) in [5.41, 5.74) is 0.604. The van der Waals surface area contributed by atoms with Crippen LogP contribution in [0.15, 0.2) is 36.8 Å². The van der Waals surface area contributed by atoms with Crippen LogP contribution in [0.1, 0.15) is 48.9 Å². The SMILES string of the molecule is CC(C)n1cc(C2(O)CCCN(C(=O)c3cccc4nccn34)C2)nn1. The van der Waals surface area contributed by atoms with Crippen molar-refractivity contribution in [3.63, 3.8) is 0 Å². The summed E-state index contributed by atoms with van der Waals surface area (Å²) in [5.74, 6) is -0.122. The minimum absolute atomic E-state index is 0.122. The van der Waals surface area contributed by atoms with Crippen molar-refractivity contribution in [2.24, 2.45) is 0 Å². The fraction of sp³-hybridized carbons (Fsp3) is 0.444. The lowest BCUT2D eigenvalue weighted by Gasteiger charge is -2.38. The largest absolute Gasteiger partial charge is 0.382 e. The summed E-state index contributed by atoms with van der Waals surface area (Å²) in [5, 5.41) is 19.4. The number of fused-ring (bicyclic) bond motifs is 1. The monoisotopic (exact) mass is 354 g/mol. The lowest BCUT2D eigenvalue weighted by molar-refractivity contribution is -0.0322. The van der Waals surface area contributed by atoms with Crippen molar-refractivity contribution in [1.29, 1.82) is 0 Å². The van der Waals surface area contributed by atoms with Crippen LogP contribution in [-0.2, 0) is 5.60 Å². The quantitative estimate of drug-likeness (QED) is 0.772. The molecule has 1 aliphatic rings. The molecular formula is C18H22N6O2. The molecule has 8 nitrogen and oxygen atoms in total. The van der Waals surface area contributed by atoms with Crippen LogP contribution in [0.3, 0.4) is 0 Å². The minimum Gasteiger partial charge on any atom is -0.382 e. The van der Waals surface area contributed by atoms with Gasteiger partial charge in [-0.05, 0) is 38.8 Å². The van der Waals surface area contributed by atoms with E-state index in [1.807, 2.05) is 26.0 Å². The van der Waals surface area contributed by atoms with Crippen LogP contribution in [0, 0.1) is 0 Å². The number of carbonyl (C=O) groups is 1. The molecule has 0 saturated carbocycles. The van der Waals surface area contributed by atoms with Crippen molar-refractivity contribution >= 4 is 11.6 Å². The summed E-state index contributed by atoms with van der Waals surface area (Å²) < 4.78 is 3.49. The van der Waals surface area contributed by atoms with Crippen molar-refractivity contribution in [2.75, 3.05) is 13.1 Å². The summed E-state index contributed by atoms with van der Waals surface area (Å²) in [6, 6.07) is 5.62. The number of carbonyl (C=O) groups excluding carboxylic acids is 1. The van der Waals surface area contributed by atoms with Gasteiger partial charge in [-0.25, -0.2) is 9.67 Å². The first-order valence-electron chi connectivity index (χ1n) is 8.84. The Balaban J connectivity index is 1.61. The summed E-state index contributed by atoms with van der Waals surface area (Å²) in [7, 11) is 0. The number of likely N-dealkylation sites (tertiary alicyclic amines) is 1. The maximum atomic E-state index is 13.1. The number of hydrogen-bond donors (Lipinski definition) is 1. The molecule has 1 atom stereocenters. The first-order valence-corrected chi connectivity index (χ1v) is 8.84. The van der Waals surface area contributed by atoms with Crippen LogP contribution in [-0.4, -0.2) is 53.4 Å². The molecule has 1 unspecified atom stereocenters. The van der Waals surface area contributed by atoms with Gasteiger partial charge in [0, 0.05) is 25.0 Å². The Bertz CT molecular complexity index is 946. The van der Waals surface area contributed by atoms with Gasteiger partial charge in [-0.1, -0.05) is 11.3 Å². The van der Waals surface area contributed by atoms with E-state index in [9.17, 15) is 9.90 Å². The molecular weight excluding hydrogens is 332 g/mol. The Hall–Kier alpha value is -2.74. The Morgan fingerprint density at radius 3 is 2.96 bits per heavy atom. The molecule has 0 aromatic carbocycles. The zero-order chi connectivity index (χ0) is 18.3. The van der Waals surface area contributed by atoms with Crippen LogP contribution in [0.25, 0.3) is 5.65 Å². The number of rotatable bonds is 3. The topological polar surface area (TPSA) is 88.5 Å². The van der Waals surface area contributed by atoms with E-state index >= 15 is 0 Å². The van der Waals surface area contributed by atoms with Crippen molar-refractivity contribution in [3.8, 4) is 0 Å². The fourth-order valence-corrected chi connectivity index (χ4v) is 3.44. The van der Waals surface area contributed by atoms with Gasteiger partial charge >= 0.3 is 0 Å². The van der Waals surface area contributed by atoms with Gasteiger partial charge in [0.25, 0.3) is 5.91 Å². The second-order valence-electron chi connectivity index (χ2n) is 7.11. The highest BCUT2D eigenvalue weighted by atomic mass is 16.3. The van der Waals surface area contributed by atoms with E-state index in [-0.39, 0.29) is 18.5 Å². The lowest BCUT2D eigenvalue weighted by Crippen LogP contribution is -2.49. The van der Waals surface area contributed by atoms with Crippen molar-refractivity contribution in [1.82, 2.24) is 29.3 Å². The Labute approximate surface area is 151 Å². The number of amides is 1. The number of nitrogens with zero attached hydrogens (tertiary/aromatic N) is 6.